The molecule has 5 heteroatoms. The summed E-state index contributed by atoms with van der Waals surface area (Å²) in [5.74, 6) is 2.12. The molecule has 1 aromatic heterocycles. The van der Waals surface area contributed by atoms with Crippen LogP contribution in [0.2, 0.25) is 0 Å². The summed E-state index contributed by atoms with van der Waals surface area (Å²) in [6.45, 7) is 3.32. The number of likely N-dealkylation sites (tertiary alicyclic amines) is 1. The summed E-state index contributed by atoms with van der Waals surface area (Å²) in [5, 5.41) is 0.572. The van der Waals surface area contributed by atoms with Crippen molar-refractivity contribution in [2.24, 2.45) is 11.8 Å². The molecule has 2 aromatic carbocycles. The maximum atomic E-state index is 12.7. The first kappa shape index (κ1) is 16.5. The van der Waals surface area contributed by atoms with E-state index in [1.165, 1.54) is 16.6 Å². The van der Waals surface area contributed by atoms with E-state index < -0.39 is 0 Å². The summed E-state index contributed by atoms with van der Waals surface area (Å²) < 4.78 is 1.34. The van der Waals surface area contributed by atoms with Gasteiger partial charge in [-0.3, -0.25) is 9.36 Å². The summed E-state index contributed by atoms with van der Waals surface area (Å²) in [7, 11) is 0. The molecule has 0 spiro atoms. The van der Waals surface area contributed by atoms with Gasteiger partial charge >= 0.3 is 5.69 Å². The van der Waals surface area contributed by atoms with Crippen LogP contribution < -0.4 is 11.2 Å². The van der Waals surface area contributed by atoms with Crippen molar-refractivity contribution in [3.8, 4) is 0 Å². The van der Waals surface area contributed by atoms with Gasteiger partial charge in [-0.1, -0.05) is 42.5 Å². The van der Waals surface area contributed by atoms with E-state index >= 15 is 0 Å². The largest absolute Gasteiger partial charge is 0.328 e. The Balaban J connectivity index is 1.29. The van der Waals surface area contributed by atoms with Gasteiger partial charge in [0.2, 0.25) is 0 Å². The molecule has 1 aliphatic carbocycles. The van der Waals surface area contributed by atoms with Gasteiger partial charge in [-0.2, -0.15) is 0 Å². The summed E-state index contributed by atoms with van der Waals surface area (Å²) in [6.07, 6.45) is 1.25. The molecule has 1 aliphatic heterocycles. The molecule has 2 fully saturated rings. The van der Waals surface area contributed by atoms with E-state index in [1.807, 2.05) is 12.1 Å². The van der Waals surface area contributed by atoms with Crippen molar-refractivity contribution in [1.29, 1.82) is 0 Å². The van der Waals surface area contributed by atoms with Crippen LogP contribution in [-0.4, -0.2) is 34.1 Å². The van der Waals surface area contributed by atoms with Gasteiger partial charge in [0.05, 0.1) is 10.9 Å². The molecule has 3 atom stereocenters. The molecule has 27 heavy (non-hydrogen) atoms. The van der Waals surface area contributed by atoms with Crippen LogP contribution in [0.25, 0.3) is 10.9 Å². The summed E-state index contributed by atoms with van der Waals surface area (Å²) >= 11 is 0. The summed E-state index contributed by atoms with van der Waals surface area (Å²) in [4.78, 5) is 30.2. The number of fused-ring (bicyclic) bond motifs is 2. The molecular formula is C22H23N3O2. The molecule has 5 rings (SSSR count). The van der Waals surface area contributed by atoms with Crippen molar-refractivity contribution in [2.75, 3.05) is 19.6 Å². The van der Waals surface area contributed by atoms with Gasteiger partial charge in [-0.25, -0.2) is 4.79 Å². The highest BCUT2D eigenvalue weighted by Crippen LogP contribution is 2.51. The van der Waals surface area contributed by atoms with Crippen LogP contribution in [0.1, 0.15) is 17.9 Å². The Morgan fingerprint density at radius 2 is 1.70 bits per heavy atom. The lowest BCUT2D eigenvalue weighted by molar-refractivity contribution is 0.191. The van der Waals surface area contributed by atoms with E-state index in [1.54, 1.807) is 12.1 Å². The van der Waals surface area contributed by atoms with Crippen LogP contribution in [0.5, 0.6) is 0 Å². The maximum absolute atomic E-state index is 12.7. The predicted octanol–water partition coefficient (Wildman–Crippen LogP) is 2.43. The van der Waals surface area contributed by atoms with Crippen LogP contribution in [0, 0.1) is 11.8 Å². The second-order valence-electron chi connectivity index (χ2n) is 7.87. The van der Waals surface area contributed by atoms with Gasteiger partial charge in [0.1, 0.15) is 0 Å². The molecule has 0 bridgehead atoms. The minimum absolute atomic E-state index is 0.196. The number of hydrogen-bond acceptors (Lipinski definition) is 3. The van der Waals surface area contributed by atoms with Crippen molar-refractivity contribution in [3.05, 3.63) is 81.0 Å². The second kappa shape index (κ2) is 6.50. The third-order valence-corrected chi connectivity index (χ3v) is 6.40. The Kier molecular flexibility index (Phi) is 3.97. The smallest absolute Gasteiger partial charge is 0.307 e. The molecule has 5 nitrogen and oxygen atoms in total. The number of aromatic amines is 1. The average Bonchev–Trinajstić information content (AvgIpc) is 2.99. The Labute approximate surface area is 157 Å². The molecule has 1 saturated heterocycles. The van der Waals surface area contributed by atoms with Gasteiger partial charge in [-0.05, 0) is 41.9 Å². The van der Waals surface area contributed by atoms with Gasteiger partial charge in [-0.15, -0.1) is 0 Å². The number of para-hydroxylation sites is 1. The predicted molar refractivity (Wildman–Crippen MR) is 106 cm³/mol. The van der Waals surface area contributed by atoms with E-state index in [2.05, 4.69) is 40.2 Å². The first-order chi connectivity index (χ1) is 13.2. The highest BCUT2D eigenvalue weighted by Gasteiger charge is 2.47. The standard InChI is InChI=1S/C22H23N3O2/c26-21-17-8-4-5-9-20(17)23-22(27)25(21)11-10-24-13-16-12-18(19(16)14-24)15-6-2-1-3-7-15/h1-9,16,18-19H,10-14H2,(H,23,27). The summed E-state index contributed by atoms with van der Waals surface area (Å²) in [5.41, 5.74) is 1.54. The van der Waals surface area contributed by atoms with E-state index in [0.717, 1.165) is 25.6 Å². The Hall–Kier alpha value is -2.66. The van der Waals surface area contributed by atoms with Crippen molar-refractivity contribution in [3.63, 3.8) is 0 Å². The molecule has 1 saturated carbocycles. The number of H-pyrrole nitrogens is 1. The highest BCUT2D eigenvalue weighted by atomic mass is 16.2. The third kappa shape index (κ3) is 2.82. The fourth-order valence-corrected chi connectivity index (χ4v) is 4.91. The van der Waals surface area contributed by atoms with Crippen molar-refractivity contribution < 1.29 is 0 Å². The fraction of sp³-hybridized carbons (Fsp3) is 0.364. The number of nitrogens with zero attached hydrogens (tertiary/aromatic N) is 2. The average molecular weight is 361 g/mol. The van der Waals surface area contributed by atoms with Crippen LogP contribution in [0.15, 0.2) is 64.2 Å². The SMILES string of the molecule is O=c1[nH]c2ccccc2c(=O)n1CCN1CC2CC(c3ccccc3)C2C1. The quantitative estimate of drug-likeness (QED) is 0.776. The Morgan fingerprint density at radius 3 is 2.56 bits per heavy atom. The normalized spacial score (nSPS) is 24.7. The minimum Gasteiger partial charge on any atom is -0.307 e. The lowest BCUT2D eigenvalue weighted by Gasteiger charge is -2.40. The molecule has 138 valence electrons. The fourth-order valence-electron chi connectivity index (χ4n) is 4.91. The monoisotopic (exact) mass is 361 g/mol. The minimum atomic E-state index is -0.317. The molecule has 3 aromatic rings. The number of nitrogens with one attached hydrogen (secondary N) is 1. The molecule has 0 radical (unpaired) electrons. The second-order valence-corrected chi connectivity index (χ2v) is 7.87. The zero-order valence-corrected chi connectivity index (χ0v) is 15.2. The molecule has 3 unspecified atom stereocenters. The first-order valence-electron chi connectivity index (χ1n) is 9.70. The number of rotatable bonds is 4. The van der Waals surface area contributed by atoms with E-state index in [4.69, 9.17) is 0 Å². The number of benzene rings is 2. The van der Waals surface area contributed by atoms with E-state index in [9.17, 15) is 9.59 Å². The highest BCUT2D eigenvalue weighted by molar-refractivity contribution is 5.76. The number of aromatic nitrogens is 2. The van der Waals surface area contributed by atoms with Gasteiger partial charge in [0, 0.05) is 26.2 Å². The molecule has 0 amide bonds. The van der Waals surface area contributed by atoms with Crippen molar-refractivity contribution in [1.82, 2.24) is 14.5 Å². The lowest BCUT2D eigenvalue weighted by Crippen LogP contribution is -2.38. The molecule has 2 heterocycles. The molecule has 2 aliphatic rings. The maximum Gasteiger partial charge on any atom is 0.328 e. The summed E-state index contributed by atoms with van der Waals surface area (Å²) in [6, 6.07) is 18.0. The van der Waals surface area contributed by atoms with Crippen molar-refractivity contribution in [2.45, 2.75) is 18.9 Å². The van der Waals surface area contributed by atoms with Gasteiger partial charge in [0.25, 0.3) is 5.56 Å². The first-order valence-corrected chi connectivity index (χ1v) is 9.70. The molecule has 1 N–H and O–H groups in total. The van der Waals surface area contributed by atoms with Crippen LogP contribution in [0.3, 0.4) is 0 Å². The molecular weight excluding hydrogens is 338 g/mol. The number of hydrogen-bond donors (Lipinski definition) is 1. The van der Waals surface area contributed by atoms with Gasteiger partial charge < -0.3 is 9.88 Å². The third-order valence-electron chi connectivity index (χ3n) is 6.40. The van der Waals surface area contributed by atoms with Crippen LogP contribution in [0.4, 0.5) is 0 Å². The van der Waals surface area contributed by atoms with Crippen LogP contribution in [-0.2, 0) is 6.54 Å². The Morgan fingerprint density at radius 1 is 0.926 bits per heavy atom. The Bertz CT molecular complexity index is 1090. The van der Waals surface area contributed by atoms with E-state index in [0.29, 0.717) is 29.3 Å². The van der Waals surface area contributed by atoms with Crippen molar-refractivity contribution >= 4 is 10.9 Å². The zero-order chi connectivity index (χ0) is 18.4. The zero-order valence-electron chi connectivity index (χ0n) is 15.2. The van der Waals surface area contributed by atoms with Gasteiger partial charge in [0.15, 0.2) is 0 Å². The lowest BCUT2D eigenvalue weighted by atomic mass is 9.64. The van der Waals surface area contributed by atoms with Crippen LogP contribution >= 0.6 is 0 Å². The van der Waals surface area contributed by atoms with E-state index in [-0.39, 0.29) is 11.2 Å². The topological polar surface area (TPSA) is 58.1 Å².